The molecule has 1 atom stereocenters. The van der Waals surface area contributed by atoms with Crippen LogP contribution in [0.3, 0.4) is 0 Å². The number of likely N-dealkylation sites (tertiary alicyclic amines) is 1. The van der Waals surface area contributed by atoms with Gasteiger partial charge in [-0.25, -0.2) is 4.79 Å². The van der Waals surface area contributed by atoms with E-state index in [2.05, 4.69) is 16.3 Å². The summed E-state index contributed by atoms with van der Waals surface area (Å²) < 4.78 is 11.0. The molecular formula is C21H34N4O4. The van der Waals surface area contributed by atoms with Crippen molar-refractivity contribution >= 4 is 12.0 Å². The summed E-state index contributed by atoms with van der Waals surface area (Å²) in [7, 11) is 2.00. The highest BCUT2D eigenvalue weighted by atomic mass is 16.6. The van der Waals surface area contributed by atoms with Crippen molar-refractivity contribution in [2.45, 2.75) is 63.0 Å². The molecule has 8 nitrogen and oxygen atoms in total. The number of rotatable bonds is 5. The van der Waals surface area contributed by atoms with Crippen molar-refractivity contribution in [2.24, 2.45) is 5.92 Å². The molecule has 2 heterocycles. The highest BCUT2D eigenvalue weighted by molar-refractivity contribution is 5.83. The Kier molecular flexibility index (Phi) is 7.73. The van der Waals surface area contributed by atoms with E-state index in [9.17, 15) is 14.9 Å². The molecule has 3 rings (SSSR count). The first kappa shape index (κ1) is 21.8. The van der Waals surface area contributed by atoms with E-state index < -0.39 is 17.7 Å². The number of piperidine rings is 1. The van der Waals surface area contributed by atoms with Gasteiger partial charge in [-0.05, 0) is 32.2 Å². The molecule has 0 spiro atoms. The normalized spacial score (nSPS) is 24.3. The third-order valence-electron chi connectivity index (χ3n) is 6.52. The fraction of sp³-hybridized carbons (Fsp3) is 0.857. The van der Waals surface area contributed by atoms with Crippen LogP contribution in [0, 0.1) is 17.2 Å². The van der Waals surface area contributed by atoms with Crippen molar-refractivity contribution in [3.05, 3.63) is 0 Å². The van der Waals surface area contributed by atoms with Crippen LogP contribution in [0.15, 0.2) is 0 Å². The average Bonchev–Trinajstić information content (AvgIpc) is 2.76. The van der Waals surface area contributed by atoms with Crippen molar-refractivity contribution in [2.75, 3.05) is 46.4 Å². The van der Waals surface area contributed by atoms with E-state index in [0.717, 1.165) is 25.9 Å². The van der Waals surface area contributed by atoms with Crippen LogP contribution < -0.4 is 5.32 Å². The van der Waals surface area contributed by atoms with Gasteiger partial charge in [0.1, 0.15) is 5.54 Å². The first-order valence-electron chi connectivity index (χ1n) is 11.0. The molecule has 1 N–H and O–H groups in total. The standard InChI is InChI=1S/C21H34N4O4/c1-24-9-7-21(16-22,8-10-24)23-20(27)29-18(15-17-5-3-2-4-6-17)19(26)25-11-13-28-14-12-25/h17-18H,2-15H2,1H3,(H,23,27). The predicted molar refractivity (Wildman–Crippen MR) is 107 cm³/mol. The molecule has 1 unspecified atom stereocenters. The lowest BCUT2D eigenvalue weighted by molar-refractivity contribution is -0.145. The molecule has 3 fully saturated rings. The molecule has 0 aromatic heterocycles. The van der Waals surface area contributed by atoms with Gasteiger partial charge < -0.3 is 24.6 Å². The molecular weight excluding hydrogens is 372 g/mol. The van der Waals surface area contributed by atoms with Gasteiger partial charge in [0.05, 0.1) is 19.3 Å². The highest BCUT2D eigenvalue weighted by Gasteiger charge is 2.38. The minimum absolute atomic E-state index is 0.136. The third-order valence-corrected chi connectivity index (χ3v) is 6.52. The second kappa shape index (κ2) is 10.3. The van der Waals surface area contributed by atoms with Crippen LogP contribution in [0.5, 0.6) is 0 Å². The Labute approximate surface area is 173 Å². The molecule has 0 radical (unpaired) electrons. The number of hydrogen-bond acceptors (Lipinski definition) is 6. The van der Waals surface area contributed by atoms with Crippen molar-refractivity contribution in [3.63, 3.8) is 0 Å². The first-order valence-corrected chi connectivity index (χ1v) is 11.0. The van der Waals surface area contributed by atoms with Gasteiger partial charge in [0.25, 0.3) is 5.91 Å². The Balaban J connectivity index is 1.63. The number of morpholine rings is 1. The third kappa shape index (κ3) is 6.06. The van der Waals surface area contributed by atoms with Gasteiger partial charge in [-0.3, -0.25) is 4.79 Å². The van der Waals surface area contributed by atoms with Crippen molar-refractivity contribution in [1.29, 1.82) is 5.26 Å². The Morgan fingerprint density at radius 1 is 1.17 bits per heavy atom. The summed E-state index contributed by atoms with van der Waals surface area (Å²) >= 11 is 0. The molecule has 2 aliphatic heterocycles. The Bertz CT molecular complexity index is 600. The average molecular weight is 407 g/mol. The van der Waals surface area contributed by atoms with Crippen LogP contribution in [0.4, 0.5) is 4.79 Å². The Hall–Kier alpha value is -1.85. The number of amides is 2. The predicted octanol–water partition coefficient (Wildman–Crippen LogP) is 1.90. The second-order valence-corrected chi connectivity index (χ2v) is 8.69. The van der Waals surface area contributed by atoms with Crippen molar-refractivity contribution < 1.29 is 19.1 Å². The summed E-state index contributed by atoms with van der Waals surface area (Å²) in [6, 6.07) is 2.27. The fourth-order valence-corrected chi connectivity index (χ4v) is 4.53. The van der Waals surface area contributed by atoms with E-state index in [0.29, 0.717) is 51.5 Å². The number of carbonyl (C=O) groups excluding carboxylic acids is 2. The van der Waals surface area contributed by atoms with Gasteiger partial charge in [-0.2, -0.15) is 5.26 Å². The van der Waals surface area contributed by atoms with Gasteiger partial charge in [0.15, 0.2) is 6.10 Å². The molecule has 3 aliphatic rings. The first-order chi connectivity index (χ1) is 14.0. The fourth-order valence-electron chi connectivity index (χ4n) is 4.53. The van der Waals surface area contributed by atoms with Crippen LogP contribution in [0.1, 0.15) is 51.4 Å². The number of nitriles is 1. The lowest BCUT2D eigenvalue weighted by Gasteiger charge is -2.36. The summed E-state index contributed by atoms with van der Waals surface area (Å²) in [5.74, 6) is 0.267. The van der Waals surface area contributed by atoms with E-state index in [4.69, 9.17) is 9.47 Å². The number of carbonyl (C=O) groups is 2. The number of ether oxygens (including phenoxy) is 2. The van der Waals surface area contributed by atoms with E-state index in [1.54, 1.807) is 4.90 Å². The summed E-state index contributed by atoms with van der Waals surface area (Å²) in [5.41, 5.74) is -0.916. The molecule has 1 saturated carbocycles. The maximum Gasteiger partial charge on any atom is 0.409 e. The molecule has 162 valence electrons. The Morgan fingerprint density at radius 2 is 1.83 bits per heavy atom. The monoisotopic (exact) mass is 406 g/mol. The van der Waals surface area contributed by atoms with Gasteiger partial charge in [-0.1, -0.05) is 32.1 Å². The maximum absolute atomic E-state index is 13.1. The number of nitrogens with one attached hydrogen (secondary N) is 1. The topological polar surface area (TPSA) is 94.9 Å². The largest absolute Gasteiger partial charge is 0.436 e. The quantitative estimate of drug-likeness (QED) is 0.749. The van der Waals surface area contributed by atoms with E-state index in [1.165, 1.54) is 19.3 Å². The minimum atomic E-state index is -0.916. The molecule has 29 heavy (non-hydrogen) atoms. The molecule has 0 aromatic carbocycles. The molecule has 2 amide bonds. The van der Waals surface area contributed by atoms with Crippen LogP contribution in [0.25, 0.3) is 0 Å². The van der Waals surface area contributed by atoms with Crippen LogP contribution in [-0.4, -0.2) is 79.9 Å². The van der Waals surface area contributed by atoms with Crippen molar-refractivity contribution in [3.8, 4) is 6.07 Å². The second-order valence-electron chi connectivity index (χ2n) is 8.69. The smallest absolute Gasteiger partial charge is 0.409 e. The number of nitrogens with zero attached hydrogens (tertiary/aromatic N) is 3. The van der Waals surface area contributed by atoms with Crippen molar-refractivity contribution in [1.82, 2.24) is 15.1 Å². The lowest BCUT2D eigenvalue weighted by atomic mass is 9.85. The van der Waals surface area contributed by atoms with Gasteiger partial charge in [0.2, 0.25) is 0 Å². The molecule has 2 saturated heterocycles. The summed E-state index contributed by atoms with van der Waals surface area (Å²) in [6.45, 7) is 3.56. The SMILES string of the molecule is CN1CCC(C#N)(NC(=O)OC(CC2CCCCC2)C(=O)N2CCOCC2)CC1. The van der Waals surface area contributed by atoms with Crippen LogP contribution >= 0.6 is 0 Å². The molecule has 1 aliphatic carbocycles. The maximum atomic E-state index is 13.1. The van der Waals surface area contributed by atoms with Gasteiger partial charge in [0, 0.05) is 26.2 Å². The number of alkyl carbamates (subject to hydrolysis) is 1. The molecule has 0 bridgehead atoms. The Morgan fingerprint density at radius 3 is 2.45 bits per heavy atom. The van der Waals surface area contributed by atoms with E-state index in [1.807, 2.05) is 7.05 Å². The van der Waals surface area contributed by atoms with E-state index >= 15 is 0 Å². The molecule has 8 heteroatoms. The van der Waals surface area contributed by atoms with Gasteiger partial charge >= 0.3 is 6.09 Å². The minimum Gasteiger partial charge on any atom is -0.436 e. The zero-order chi connectivity index (χ0) is 20.7. The highest BCUT2D eigenvalue weighted by Crippen LogP contribution is 2.29. The summed E-state index contributed by atoms with van der Waals surface area (Å²) in [4.78, 5) is 29.7. The number of hydrogen-bond donors (Lipinski definition) is 1. The van der Waals surface area contributed by atoms with Crippen LogP contribution in [-0.2, 0) is 14.3 Å². The summed E-state index contributed by atoms with van der Waals surface area (Å²) in [5, 5.41) is 12.4. The van der Waals surface area contributed by atoms with Crippen LogP contribution in [0.2, 0.25) is 0 Å². The summed E-state index contributed by atoms with van der Waals surface area (Å²) in [6.07, 6.45) is 5.95. The zero-order valence-electron chi connectivity index (χ0n) is 17.5. The molecule has 0 aromatic rings. The lowest BCUT2D eigenvalue weighted by Crippen LogP contribution is -2.55. The zero-order valence-corrected chi connectivity index (χ0v) is 17.5. The van der Waals surface area contributed by atoms with E-state index in [-0.39, 0.29) is 5.91 Å². The van der Waals surface area contributed by atoms with Gasteiger partial charge in [-0.15, -0.1) is 0 Å².